The van der Waals surface area contributed by atoms with E-state index in [2.05, 4.69) is 15.3 Å². The molecule has 0 radical (unpaired) electrons. The lowest BCUT2D eigenvalue weighted by Gasteiger charge is -2.35. The predicted molar refractivity (Wildman–Crippen MR) is 153 cm³/mol. The number of nitrogens with zero attached hydrogens (tertiary/aromatic N) is 5. The number of benzene rings is 1. The average Bonchev–Trinajstić information content (AvgIpc) is 3.50. The summed E-state index contributed by atoms with van der Waals surface area (Å²) in [5.74, 6) is -1.58. The van der Waals surface area contributed by atoms with E-state index in [1.807, 2.05) is 42.2 Å². The monoisotopic (exact) mass is 582 g/mol. The van der Waals surface area contributed by atoms with Crippen LogP contribution in [0.15, 0.2) is 36.4 Å². The van der Waals surface area contributed by atoms with Gasteiger partial charge in [-0.25, -0.2) is 14.8 Å². The molecule has 0 bridgehead atoms. The first-order valence-corrected chi connectivity index (χ1v) is 14.2. The minimum absolute atomic E-state index is 0.0163. The van der Waals surface area contributed by atoms with Crippen molar-refractivity contribution in [3.8, 4) is 11.4 Å². The first kappa shape index (κ1) is 30.7. The summed E-state index contributed by atoms with van der Waals surface area (Å²) in [4.78, 5) is 64.9. The minimum atomic E-state index is -1.32. The zero-order valence-corrected chi connectivity index (χ0v) is 24.0. The fourth-order valence-corrected chi connectivity index (χ4v) is 4.89. The van der Waals surface area contributed by atoms with Gasteiger partial charge in [-0.05, 0) is 12.8 Å². The van der Waals surface area contributed by atoms with E-state index in [1.54, 1.807) is 13.2 Å². The van der Waals surface area contributed by atoms with Crippen LogP contribution in [0.4, 0.5) is 10.6 Å². The first-order valence-electron chi connectivity index (χ1n) is 14.2. The highest BCUT2D eigenvalue weighted by Crippen LogP contribution is 2.24. The van der Waals surface area contributed by atoms with Crippen molar-refractivity contribution in [3.63, 3.8) is 0 Å². The molecule has 4 rings (SSSR count). The topological polar surface area (TPSA) is 154 Å². The van der Waals surface area contributed by atoms with Crippen molar-refractivity contribution in [2.24, 2.45) is 0 Å². The molecule has 226 valence electrons. The van der Waals surface area contributed by atoms with Crippen LogP contribution in [0.1, 0.15) is 43.1 Å². The maximum Gasteiger partial charge on any atom is 0.409 e. The second-order valence-electron chi connectivity index (χ2n) is 10.3. The van der Waals surface area contributed by atoms with Crippen molar-refractivity contribution in [3.05, 3.63) is 42.1 Å². The fraction of sp³-hybridized carbons (Fsp3) is 0.517. The zero-order chi connectivity index (χ0) is 30.1. The summed E-state index contributed by atoms with van der Waals surface area (Å²) >= 11 is 0. The number of ether oxygens (including phenoxy) is 2. The van der Waals surface area contributed by atoms with Crippen molar-refractivity contribution in [1.82, 2.24) is 25.1 Å². The van der Waals surface area contributed by atoms with Gasteiger partial charge in [0.1, 0.15) is 17.6 Å². The van der Waals surface area contributed by atoms with Crippen molar-refractivity contribution in [2.75, 3.05) is 57.9 Å². The smallest absolute Gasteiger partial charge is 0.409 e. The number of methoxy groups -OCH3 is 1. The molecule has 2 aromatic rings. The van der Waals surface area contributed by atoms with Crippen molar-refractivity contribution in [2.45, 2.75) is 44.8 Å². The summed E-state index contributed by atoms with van der Waals surface area (Å²) in [6.07, 6.45) is 1.48. The van der Waals surface area contributed by atoms with Crippen molar-refractivity contribution >= 4 is 29.7 Å². The second-order valence-corrected chi connectivity index (χ2v) is 10.3. The molecule has 1 aromatic heterocycles. The Hall–Kier alpha value is -4.26. The SMILES string of the molecule is CCCCOC(=O)N1CCN(C(=O)[C@H](CC(=O)O)NC(=O)c2cc(N3CC[C@H](OC)C3)nc(-c3ccccc3)n2)CC1. The highest BCUT2D eigenvalue weighted by molar-refractivity contribution is 5.98. The maximum atomic E-state index is 13.5. The van der Waals surface area contributed by atoms with E-state index in [1.165, 1.54) is 9.80 Å². The van der Waals surface area contributed by atoms with Crippen LogP contribution in [-0.4, -0.2) is 114 Å². The van der Waals surface area contributed by atoms with Gasteiger partial charge in [-0.1, -0.05) is 43.7 Å². The second kappa shape index (κ2) is 14.6. The lowest BCUT2D eigenvalue weighted by molar-refractivity contribution is -0.143. The molecule has 2 atom stereocenters. The zero-order valence-electron chi connectivity index (χ0n) is 24.0. The van der Waals surface area contributed by atoms with E-state index in [-0.39, 0.29) is 38.0 Å². The van der Waals surface area contributed by atoms with Gasteiger partial charge in [0.25, 0.3) is 5.91 Å². The molecule has 13 nitrogen and oxygen atoms in total. The van der Waals surface area contributed by atoms with E-state index >= 15 is 0 Å². The van der Waals surface area contributed by atoms with Crippen LogP contribution in [0.5, 0.6) is 0 Å². The summed E-state index contributed by atoms with van der Waals surface area (Å²) in [7, 11) is 1.65. The average molecular weight is 583 g/mol. The van der Waals surface area contributed by atoms with E-state index in [0.29, 0.717) is 36.9 Å². The summed E-state index contributed by atoms with van der Waals surface area (Å²) in [6, 6.07) is 9.44. The van der Waals surface area contributed by atoms with Gasteiger partial charge in [-0.2, -0.15) is 0 Å². The number of carbonyl (C=O) groups is 4. The summed E-state index contributed by atoms with van der Waals surface area (Å²) in [5, 5.41) is 12.1. The number of carboxylic acids is 1. The van der Waals surface area contributed by atoms with Crippen LogP contribution in [0, 0.1) is 0 Å². The highest BCUT2D eigenvalue weighted by atomic mass is 16.6. The van der Waals surface area contributed by atoms with Gasteiger partial charge >= 0.3 is 12.1 Å². The van der Waals surface area contributed by atoms with Gasteiger partial charge in [0.05, 0.1) is 19.1 Å². The molecular weight excluding hydrogens is 544 g/mol. The molecule has 2 aliphatic rings. The molecule has 3 amide bonds. The number of hydrogen-bond acceptors (Lipinski definition) is 9. The summed E-state index contributed by atoms with van der Waals surface area (Å²) in [5.41, 5.74) is 0.725. The third-order valence-corrected chi connectivity index (χ3v) is 7.33. The summed E-state index contributed by atoms with van der Waals surface area (Å²) in [6.45, 7) is 4.50. The molecule has 0 aliphatic carbocycles. The van der Waals surface area contributed by atoms with E-state index < -0.39 is 36.3 Å². The van der Waals surface area contributed by atoms with Crippen LogP contribution in [0.3, 0.4) is 0 Å². The van der Waals surface area contributed by atoms with Gasteiger partial charge in [0.2, 0.25) is 5.91 Å². The first-order chi connectivity index (χ1) is 20.3. The van der Waals surface area contributed by atoms with Crippen LogP contribution in [0.2, 0.25) is 0 Å². The van der Waals surface area contributed by atoms with Gasteiger partial charge in [-0.3, -0.25) is 14.4 Å². The molecule has 0 spiro atoms. The molecule has 2 fully saturated rings. The number of carboxylic acid groups (broad SMARTS) is 1. The lowest BCUT2D eigenvalue weighted by atomic mass is 10.1. The van der Waals surface area contributed by atoms with Gasteiger partial charge in [0.15, 0.2) is 5.82 Å². The number of carbonyl (C=O) groups excluding carboxylic acids is 3. The third-order valence-electron chi connectivity index (χ3n) is 7.33. The molecule has 3 heterocycles. The lowest BCUT2D eigenvalue weighted by Crippen LogP contribution is -2.56. The maximum absolute atomic E-state index is 13.5. The summed E-state index contributed by atoms with van der Waals surface area (Å²) < 4.78 is 10.7. The van der Waals surface area contributed by atoms with E-state index in [9.17, 15) is 24.3 Å². The number of unbranched alkanes of at least 4 members (excludes halogenated alkanes) is 1. The van der Waals surface area contributed by atoms with Gasteiger partial charge in [-0.15, -0.1) is 0 Å². The van der Waals surface area contributed by atoms with Crippen LogP contribution >= 0.6 is 0 Å². The fourth-order valence-electron chi connectivity index (χ4n) is 4.89. The Morgan fingerprint density at radius 3 is 2.40 bits per heavy atom. The Kier molecular flexibility index (Phi) is 10.7. The Bertz CT molecular complexity index is 1250. The number of nitrogens with one attached hydrogen (secondary N) is 1. The third kappa shape index (κ3) is 7.93. The van der Waals surface area contributed by atoms with Gasteiger partial charge < -0.3 is 34.6 Å². The minimum Gasteiger partial charge on any atom is -0.481 e. The molecule has 13 heteroatoms. The van der Waals surface area contributed by atoms with Crippen molar-refractivity contribution in [1.29, 1.82) is 0 Å². The Morgan fingerprint density at radius 2 is 1.76 bits per heavy atom. The number of piperazine rings is 1. The molecule has 0 unspecified atom stereocenters. The molecule has 0 saturated carbocycles. The van der Waals surface area contributed by atoms with Crippen LogP contribution in [0.25, 0.3) is 11.4 Å². The molecule has 42 heavy (non-hydrogen) atoms. The molecule has 1 aromatic carbocycles. The number of rotatable bonds is 11. The number of anilines is 1. The normalized spacial score (nSPS) is 17.6. The highest BCUT2D eigenvalue weighted by Gasteiger charge is 2.33. The van der Waals surface area contributed by atoms with Crippen LogP contribution < -0.4 is 10.2 Å². The number of aromatic nitrogens is 2. The van der Waals surface area contributed by atoms with Crippen molar-refractivity contribution < 1.29 is 33.8 Å². The molecule has 2 saturated heterocycles. The number of hydrogen-bond donors (Lipinski definition) is 2. The van der Waals surface area contributed by atoms with Gasteiger partial charge in [0, 0.05) is 58.0 Å². The van der Waals surface area contributed by atoms with E-state index in [0.717, 1.165) is 19.3 Å². The number of amides is 3. The quantitative estimate of drug-likeness (QED) is 0.376. The largest absolute Gasteiger partial charge is 0.481 e. The predicted octanol–water partition coefficient (Wildman–Crippen LogP) is 2.02. The molecule has 2 N–H and O–H groups in total. The van der Waals surface area contributed by atoms with E-state index in [4.69, 9.17) is 9.47 Å². The molecule has 2 aliphatic heterocycles. The Labute approximate surface area is 244 Å². The van der Waals surface area contributed by atoms with Crippen LogP contribution in [-0.2, 0) is 19.1 Å². The molecular formula is C29H38N6O7. The Morgan fingerprint density at radius 1 is 1.05 bits per heavy atom. The standard InChI is InChI=1S/C29H38N6O7/c1-3-4-16-42-29(40)34-14-12-33(13-15-34)28(39)23(18-25(36)37)31-27(38)22-17-24(35-11-10-21(19-35)41-2)32-26(30-22)20-8-6-5-7-9-20/h5-9,17,21,23H,3-4,10-16,18-19H2,1-2H3,(H,31,38)(H,36,37)/t21-,23-/m0/s1. The number of aliphatic carboxylic acids is 1. The Balaban J connectivity index is 1.49.